The highest BCUT2D eigenvalue weighted by Crippen LogP contribution is 2.17. The van der Waals surface area contributed by atoms with Gasteiger partial charge in [0.15, 0.2) is 6.04 Å². The van der Waals surface area contributed by atoms with Crippen LogP contribution in [0.1, 0.15) is 31.9 Å². The Bertz CT molecular complexity index is 660. The quantitative estimate of drug-likeness (QED) is 0.790. The molecule has 2 atom stereocenters. The Kier molecular flexibility index (Phi) is 6.30. The molecule has 2 aromatic rings. The van der Waals surface area contributed by atoms with Crippen molar-refractivity contribution in [2.75, 3.05) is 5.32 Å². The molecule has 5 heteroatoms. The van der Waals surface area contributed by atoms with E-state index < -0.39 is 5.82 Å². The largest absolute Gasteiger partial charge is 0.330 e. The summed E-state index contributed by atoms with van der Waals surface area (Å²) in [6.07, 6.45) is 0.902. The van der Waals surface area contributed by atoms with Crippen molar-refractivity contribution in [3.8, 4) is 0 Å². The summed E-state index contributed by atoms with van der Waals surface area (Å²) in [5.74, 6) is -0.626. The van der Waals surface area contributed by atoms with E-state index in [1.807, 2.05) is 24.4 Å². The van der Waals surface area contributed by atoms with Crippen LogP contribution in [-0.4, -0.2) is 11.9 Å². The lowest BCUT2D eigenvalue weighted by Crippen LogP contribution is -2.92. The van der Waals surface area contributed by atoms with Crippen molar-refractivity contribution in [2.45, 2.75) is 32.4 Å². The first-order valence-electron chi connectivity index (χ1n) is 7.67. The molecule has 0 bridgehead atoms. The number of halogens is 2. The molecule has 0 saturated heterocycles. The molecule has 0 aliphatic rings. The number of para-hydroxylation sites is 1. The topological polar surface area (TPSA) is 45.7 Å². The van der Waals surface area contributed by atoms with Gasteiger partial charge in [0.05, 0.1) is 5.69 Å². The number of anilines is 1. The average Bonchev–Trinajstić information content (AvgIpc) is 2.55. The van der Waals surface area contributed by atoms with Gasteiger partial charge < -0.3 is 10.6 Å². The zero-order valence-corrected chi connectivity index (χ0v) is 14.8. The summed E-state index contributed by atoms with van der Waals surface area (Å²) >= 11 is 3.42. The van der Waals surface area contributed by atoms with E-state index in [1.165, 1.54) is 11.6 Å². The minimum atomic E-state index is -0.423. The zero-order valence-electron chi connectivity index (χ0n) is 13.2. The van der Waals surface area contributed by atoms with Gasteiger partial charge in [-0.25, -0.2) is 4.39 Å². The molecule has 122 valence electrons. The van der Waals surface area contributed by atoms with Crippen LogP contribution in [0.2, 0.25) is 0 Å². The van der Waals surface area contributed by atoms with Crippen LogP contribution in [0.15, 0.2) is 53.0 Å². The monoisotopic (exact) mass is 379 g/mol. The molecule has 2 rings (SSSR count). The van der Waals surface area contributed by atoms with Crippen molar-refractivity contribution in [1.82, 2.24) is 0 Å². The first kappa shape index (κ1) is 17.6. The lowest BCUT2D eigenvalue weighted by molar-refractivity contribution is -0.713. The molecule has 0 aliphatic heterocycles. The number of carbonyl (C=O) groups excluding carboxylic acids is 1. The van der Waals surface area contributed by atoms with E-state index in [0.29, 0.717) is 0 Å². The van der Waals surface area contributed by atoms with Crippen LogP contribution in [0.25, 0.3) is 0 Å². The molecular formula is C18H21BrFN2O+. The normalized spacial score (nSPS) is 13.4. The number of nitrogens with one attached hydrogen (secondary N) is 1. The Morgan fingerprint density at radius 2 is 1.87 bits per heavy atom. The summed E-state index contributed by atoms with van der Waals surface area (Å²) in [7, 11) is 0. The van der Waals surface area contributed by atoms with Crippen LogP contribution in [0, 0.1) is 5.82 Å². The first-order valence-corrected chi connectivity index (χ1v) is 8.46. The standard InChI is InChI=1S/C18H20BrFN2O/c1-3-16(13-8-10-14(19)11-9-13)21-12(2)18(23)22-17-7-5-4-6-15(17)20/h4-12,16,21H,3H2,1-2H3,(H,22,23)/p+1/t12-,16-/m1/s1. The molecular weight excluding hydrogens is 359 g/mol. The van der Waals surface area contributed by atoms with Crippen LogP contribution in [-0.2, 0) is 4.79 Å². The molecule has 0 saturated carbocycles. The van der Waals surface area contributed by atoms with Gasteiger partial charge in [0.2, 0.25) is 0 Å². The van der Waals surface area contributed by atoms with E-state index in [9.17, 15) is 9.18 Å². The number of carbonyl (C=O) groups is 1. The Balaban J connectivity index is 2.01. The summed E-state index contributed by atoms with van der Waals surface area (Å²) in [6, 6.07) is 14.2. The zero-order chi connectivity index (χ0) is 16.8. The summed E-state index contributed by atoms with van der Waals surface area (Å²) in [4.78, 5) is 12.3. The smallest absolute Gasteiger partial charge is 0.282 e. The van der Waals surface area contributed by atoms with Crippen molar-refractivity contribution in [3.63, 3.8) is 0 Å². The maximum atomic E-state index is 13.6. The van der Waals surface area contributed by atoms with E-state index in [-0.39, 0.29) is 23.7 Å². The minimum Gasteiger partial charge on any atom is -0.330 e. The number of benzene rings is 2. The molecule has 0 heterocycles. The van der Waals surface area contributed by atoms with Gasteiger partial charge in [-0.05, 0) is 31.2 Å². The molecule has 3 N–H and O–H groups in total. The van der Waals surface area contributed by atoms with Crippen molar-refractivity contribution >= 4 is 27.5 Å². The van der Waals surface area contributed by atoms with E-state index in [0.717, 1.165) is 10.9 Å². The summed E-state index contributed by atoms with van der Waals surface area (Å²) in [5, 5.41) is 4.66. The van der Waals surface area contributed by atoms with Crippen LogP contribution in [0.4, 0.5) is 10.1 Å². The Hall–Kier alpha value is -1.72. The third-order valence-electron chi connectivity index (χ3n) is 3.80. The van der Waals surface area contributed by atoms with Crippen LogP contribution >= 0.6 is 15.9 Å². The van der Waals surface area contributed by atoms with Crippen LogP contribution in [0.5, 0.6) is 0 Å². The van der Waals surface area contributed by atoms with Gasteiger partial charge in [0.1, 0.15) is 11.9 Å². The molecule has 2 aromatic carbocycles. The molecule has 0 fully saturated rings. The van der Waals surface area contributed by atoms with Gasteiger partial charge in [-0.2, -0.15) is 0 Å². The molecule has 3 nitrogen and oxygen atoms in total. The molecule has 0 unspecified atom stereocenters. The summed E-state index contributed by atoms with van der Waals surface area (Å²) in [5.41, 5.74) is 1.38. The molecule has 0 aliphatic carbocycles. The fourth-order valence-electron chi connectivity index (χ4n) is 2.44. The Morgan fingerprint density at radius 1 is 1.22 bits per heavy atom. The number of hydrogen-bond acceptors (Lipinski definition) is 1. The molecule has 0 radical (unpaired) electrons. The van der Waals surface area contributed by atoms with Gasteiger partial charge in [0, 0.05) is 16.5 Å². The molecule has 23 heavy (non-hydrogen) atoms. The second-order valence-electron chi connectivity index (χ2n) is 5.52. The number of amides is 1. The number of hydrogen-bond donors (Lipinski definition) is 2. The van der Waals surface area contributed by atoms with Crippen molar-refractivity contribution in [1.29, 1.82) is 0 Å². The molecule has 1 amide bonds. The minimum absolute atomic E-state index is 0.185. The maximum Gasteiger partial charge on any atom is 0.282 e. The first-order chi connectivity index (χ1) is 11.0. The number of rotatable bonds is 6. The van der Waals surface area contributed by atoms with E-state index in [2.05, 4.69) is 40.3 Å². The lowest BCUT2D eigenvalue weighted by atomic mass is 10.0. The number of nitrogens with two attached hydrogens (primary N) is 1. The average molecular weight is 380 g/mol. The summed E-state index contributed by atoms with van der Waals surface area (Å²) < 4.78 is 14.6. The van der Waals surface area contributed by atoms with Crippen molar-refractivity contribution in [3.05, 3.63) is 64.4 Å². The van der Waals surface area contributed by atoms with Gasteiger partial charge in [0.25, 0.3) is 5.91 Å². The highest BCUT2D eigenvalue weighted by atomic mass is 79.9. The second-order valence-corrected chi connectivity index (χ2v) is 6.43. The van der Waals surface area contributed by atoms with Crippen molar-refractivity contribution in [2.24, 2.45) is 0 Å². The van der Waals surface area contributed by atoms with Gasteiger partial charge in [-0.1, -0.05) is 47.1 Å². The predicted octanol–water partition coefficient (Wildman–Crippen LogP) is 3.63. The molecule has 0 aromatic heterocycles. The maximum absolute atomic E-state index is 13.6. The highest BCUT2D eigenvalue weighted by Gasteiger charge is 2.22. The summed E-state index contributed by atoms with van der Waals surface area (Å²) in [6.45, 7) is 3.92. The van der Waals surface area contributed by atoms with Gasteiger partial charge in [-0.15, -0.1) is 0 Å². The predicted molar refractivity (Wildman–Crippen MR) is 93.6 cm³/mol. The third kappa shape index (κ3) is 4.88. The van der Waals surface area contributed by atoms with E-state index in [4.69, 9.17) is 0 Å². The number of quaternary nitrogens is 1. The van der Waals surface area contributed by atoms with Crippen molar-refractivity contribution < 1.29 is 14.5 Å². The van der Waals surface area contributed by atoms with Gasteiger partial charge in [-0.3, -0.25) is 4.79 Å². The van der Waals surface area contributed by atoms with E-state index >= 15 is 0 Å². The lowest BCUT2D eigenvalue weighted by Gasteiger charge is -2.19. The second kappa shape index (κ2) is 8.22. The third-order valence-corrected chi connectivity index (χ3v) is 4.33. The Morgan fingerprint density at radius 3 is 2.48 bits per heavy atom. The fourth-order valence-corrected chi connectivity index (χ4v) is 2.70. The molecule has 0 spiro atoms. The SMILES string of the molecule is CC[C@@H]([NH2+][C@H](C)C(=O)Nc1ccccc1F)c1ccc(Br)cc1. The van der Waals surface area contributed by atoms with E-state index in [1.54, 1.807) is 18.2 Å². The Labute approximate surface area is 144 Å². The fraction of sp³-hybridized carbons (Fsp3) is 0.278. The van der Waals surface area contributed by atoms with Gasteiger partial charge >= 0.3 is 0 Å². The van der Waals surface area contributed by atoms with Crippen LogP contribution < -0.4 is 10.6 Å². The van der Waals surface area contributed by atoms with Crippen LogP contribution in [0.3, 0.4) is 0 Å². The highest BCUT2D eigenvalue weighted by molar-refractivity contribution is 9.10.